The second kappa shape index (κ2) is 15.9. The number of rotatable bonds is 8. The smallest absolute Gasteiger partial charge is 0.0619 e. The molecule has 2 unspecified atom stereocenters. The van der Waals surface area contributed by atoms with Crippen LogP contribution in [0, 0.1) is 27.7 Å². The third-order valence-corrected chi connectivity index (χ3v) is 16.7. The summed E-state index contributed by atoms with van der Waals surface area (Å²) in [5.74, 6) is 0. The molecule has 0 aliphatic heterocycles. The second-order valence-corrected chi connectivity index (χ2v) is 20.8. The lowest BCUT2D eigenvalue weighted by Crippen LogP contribution is -2.29. The Kier molecular flexibility index (Phi) is 9.60. The second-order valence-electron chi connectivity index (χ2n) is 20.8. The van der Waals surface area contributed by atoms with Crippen LogP contribution in [0.5, 0.6) is 0 Å². The summed E-state index contributed by atoms with van der Waals surface area (Å²) in [5, 5.41) is 0. The van der Waals surface area contributed by atoms with Crippen molar-refractivity contribution in [2.75, 3.05) is 0 Å². The van der Waals surface area contributed by atoms with E-state index in [1.54, 1.807) is 0 Å². The van der Waals surface area contributed by atoms with E-state index in [4.69, 9.17) is 0 Å². The first-order chi connectivity index (χ1) is 34.2. The number of fused-ring (bicyclic) bond motifs is 9. The van der Waals surface area contributed by atoms with Gasteiger partial charge in [0.05, 0.1) is 10.8 Å². The fourth-order valence-electron chi connectivity index (χ4n) is 13.6. The Balaban J connectivity index is 0.923. The summed E-state index contributed by atoms with van der Waals surface area (Å²) in [6, 6.07) is 86.3. The highest BCUT2D eigenvalue weighted by molar-refractivity contribution is 5.90. The van der Waals surface area contributed by atoms with Crippen LogP contribution in [0.1, 0.15) is 102 Å². The van der Waals surface area contributed by atoms with Gasteiger partial charge in [0.15, 0.2) is 0 Å². The van der Waals surface area contributed by atoms with Gasteiger partial charge in [0.2, 0.25) is 0 Å². The van der Waals surface area contributed by atoms with Crippen molar-refractivity contribution in [3.63, 3.8) is 0 Å². The summed E-state index contributed by atoms with van der Waals surface area (Å²) in [5.41, 5.74) is 29.7. The van der Waals surface area contributed by atoms with Gasteiger partial charge >= 0.3 is 0 Å². The van der Waals surface area contributed by atoms with Gasteiger partial charge in [0.25, 0.3) is 0 Å². The van der Waals surface area contributed by atoms with Crippen molar-refractivity contribution in [3.05, 3.63) is 319 Å². The minimum atomic E-state index is -0.497. The summed E-state index contributed by atoms with van der Waals surface area (Å²) >= 11 is 0. The molecule has 0 heteroatoms. The van der Waals surface area contributed by atoms with Crippen LogP contribution in [0.4, 0.5) is 0 Å². The minimum absolute atomic E-state index is 0.180. The molecule has 10 aromatic rings. The lowest BCUT2D eigenvalue weighted by molar-refractivity contribution is 0.580. The van der Waals surface area contributed by atoms with Crippen molar-refractivity contribution < 1.29 is 0 Å². The van der Waals surface area contributed by atoms with Crippen molar-refractivity contribution >= 4 is 0 Å². The highest BCUT2D eigenvalue weighted by Crippen LogP contribution is 2.60. The molecule has 0 radical (unpaired) electrons. The van der Waals surface area contributed by atoms with Gasteiger partial charge in [-0.05, 0) is 152 Å². The molecule has 0 fully saturated rings. The largest absolute Gasteiger partial charge is 0.0713 e. The van der Waals surface area contributed by atoms with E-state index in [2.05, 4.69) is 259 Å². The van der Waals surface area contributed by atoms with Crippen LogP contribution < -0.4 is 0 Å². The van der Waals surface area contributed by atoms with Crippen LogP contribution in [0.3, 0.4) is 0 Å². The van der Waals surface area contributed by atoms with Gasteiger partial charge in [-0.1, -0.05) is 248 Å². The first kappa shape index (κ1) is 42.3. The van der Waals surface area contributed by atoms with E-state index in [-0.39, 0.29) is 5.41 Å². The quantitative estimate of drug-likeness (QED) is 0.143. The first-order valence-corrected chi connectivity index (χ1v) is 25.2. The maximum atomic E-state index is 2.49. The normalized spacial score (nSPS) is 17.6. The SMILES string of the molecule is Cc1ccc(C2(c3ccc(C)cc3)c3ccccc3-c3cc(Cc4ccc(C5(c6ccc(C)cc6)c6ccccc6-c6c(CC7(C)c8ccccc8-c8cccc(C)c87)cccc65)cc4)ccc32)cc1. The topological polar surface area (TPSA) is 0 Å². The average molecular weight is 897 g/mol. The number of hydrogen-bond donors (Lipinski definition) is 0. The van der Waals surface area contributed by atoms with Gasteiger partial charge in [0.1, 0.15) is 0 Å². The Hall–Kier alpha value is -7.80. The molecule has 0 saturated carbocycles. The van der Waals surface area contributed by atoms with Gasteiger partial charge < -0.3 is 0 Å². The summed E-state index contributed by atoms with van der Waals surface area (Å²) in [6.45, 7) is 11.3. The molecule has 0 spiro atoms. The van der Waals surface area contributed by atoms with Crippen molar-refractivity contribution in [1.82, 2.24) is 0 Å². The minimum Gasteiger partial charge on any atom is -0.0619 e. The molecule has 336 valence electrons. The molecule has 3 aliphatic carbocycles. The highest BCUT2D eigenvalue weighted by Gasteiger charge is 2.49. The van der Waals surface area contributed by atoms with Gasteiger partial charge in [-0.25, -0.2) is 0 Å². The monoisotopic (exact) mass is 896 g/mol. The van der Waals surface area contributed by atoms with Crippen LogP contribution in [0.2, 0.25) is 0 Å². The van der Waals surface area contributed by atoms with E-state index in [0.29, 0.717) is 0 Å². The molecule has 13 rings (SSSR count). The Morgan fingerprint density at radius 1 is 0.329 bits per heavy atom. The molecule has 0 heterocycles. The van der Waals surface area contributed by atoms with E-state index in [0.717, 1.165) is 12.8 Å². The van der Waals surface area contributed by atoms with E-state index in [1.165, 1.54) is 128 Å². The van der Waals surface area contributed by atoms with Gasteiger partial charge in [-0.3, -0.25) is 0 Å². The van der Waals surface area contributed by atoms with Gasteiger partial charge in [-0.2, -0.15) is 0 Å². The first-order valence-electron chi connectivity index (χ1n) is 25.2. The van der Waals surface area contributed by atoms with Crippen molar-refractivity contribution in [2.24, 2.45) is 0 Å². The number of hydrogen-bond acceptors (Lipinski definition) is 0. The summed E-state index contributed by atoms with van der Waals surface area (Å²) in [4.78, 5) is 0. The zero-order valence-corrected chi connectivity index (χ0v) is 40.8. The number of benzene rings is 10. The summed E-state index contributed by atoms with van der Waals surface area (Å²) < 4.78 is 0. The average Bonchev–Trinajstić information content (AvgIpc) is 3.96. The lowest BCUT2D eigenvalue weighted by atomic mass is 9.67. The van der Waals surface area contributed by atoms with Crippen LogP contribution in [0.25, 0.3) is 33.4 Å². The molecule has 0 bridgehead atoms. The third-order valence-electron chi connectivity index (χ3n) is 16.7. The Morgan fingerprint density at radius 3 is 1.36 bits per heavy atom. The fraction of sp³-hybridized carbons (Fsp3) is 0.143. The van der Waals surface area contributed by atoms with Crippen LogP contribution in [0.15, 0.2) is 224 Å². The molecule has 3 aliphatic rings. The van der Waals surface area contributed by atoms with E-state index in [9.17, 15) is 0 Å². The fourth-order valence-corrected chi connectivity index (χ4v) is 13.6. The molecule has 2 atom stereocenters. The predicted octanol–water partition coefficient (Wildman–Crippen LogP) is 16.8. The van der Waals surface area contributed by atoms with Crippen molar-refractivity contribution in [3.8, 4) is 33.4 Å². The molecule has 0 N–H and O–H groups in total. The van der Waals surface area contributed by atoms with Gasteiger partial charge in [-0.15, -0.1) is 0 Å². The van der Waals surface area contributed by atoms with Crippen LogP contribution in [-0.2, 0) is 29.1 Å². The molecule has 0 saturated heterocycles. The zero-order valence-electron chi connectivity index (χ0n) is 40.8. The highest BCUT2D eigenvalue weighted by atomic mass is 14.5. The summed E-state index contributed by atoms with van der Waals surface area (Å²) in [6.07, 6.45) is 1.75. The Morgan fingerprint density at radius 2 is 0.757 bits per heavy atom. The Bertz CT molecular complexity index is 3630. The molecule has 70 heavy (non-hydrogen) atoms. The maximum Gasteiger partial charge on any atom is 0.0713 e. The van der Waals surface area contributed by atoms with Crippen LogP contribution in [-0.4, -0.2) is 0 Å². The standard InChI is InChI=1S/C70H56/c1-45-24-33-52(34-25-45)69(53-35-26-46(2)27-36-53)62-21-10-7-17-57(62)60-43-50(32-41-64(60)69)42-49-30-39-55(40-31-49)70(54-37-28-47(3)29-38-54)63-22-11-8-18-59(63)66-51(15-13-23-65(66)70)44-68(5)61-20-9-6-16-56(61)58-19-12-14-48(4)67(58)68/h6-41,43H,42,44H2,1-5H3. The molecular weight excluding hydrogens is 841 g/mol. The van der Waals surface area contributed by atoms with E-state index in [1.807, 2.05) is 0 Å². The Labute approximate surface area is 414 Å². The summed E-state index contributed by atoms with van der Waals surface area (Å²) in [7, 11) is 0. The van der Waals surface area contributed by atoms with Gasteiger partial charge in [0, 0.05) is 5.41 Å². The van der Waals surface area contributed by atoms with Crippen molar-refractivity contribution in [1.29, 1.82) is 0 Å². The van der Waals surface area contributed by atoms with Crippen molar-refractivity contribution in [2.45, 2.75) is 63.7 Å². The van der Waals surface area contributed by atoms with E-state index >= 15 is 0 Å². The lowest BCUT2D eigenvalue weighted by Gasteiger charge is -2.34. The third kappa shape index (κ3) is 6.02. The maximum absolute atomic E-state index is 2.49. The number of aryl methyl sites for hydroxylation is 4. The molecule has 0 aromatic heterocycles. The predicted molar refractivity (Wildman–Crippen MR) is 291 cm³/mol. The molecular formula is C70H56. The van der Waals surface area contributed by atoms with E-state index < -0.39 is 10.8 Å². The molecule has 0 nitrogen and oxygen atoms in total. The molecule has 0 amide bonds. The zero-order chi connectivity index (χ0) is 47.4. The van der Waals surface area contributed by atoms with Crippen LogP contribution >= 0.6 is 0 Å². The molecule has 10 aromatic carbocycles.